The van der Waals surface area contributed by atoms with Crippen molar-refractivity contribution in [2.75, 3.05) is 19.6 Å². The Bertz CT molecular complexity index is 454. The molecule has 1 aliphatic heterocycles. The van der Waals surface area contributed by atoms with Gasteiger partial charge in [0.1, 0.15) is 11.6 Å². The molecule has 0 bridgehead atoms. The van der Waals surface area contributed by atoms with E-state index in [1.165, 1.54) is 12.1 Å². The number of nitrogens with zero attached hydrogens (tertiary/aromatic N) is 1. The SMILES string of the molecule is O=C1CN(CCc2cc(F)cc(F)c2)CC(=O)O1. The zero-order valence-corrected chi connectivity index (χ0v) is 9.49. The smallest absolute Gasteiger partial charge is 0.327 e. The molecule has 0 saturated carbocycles. The Morgan fingerprint density at radius 3 is 2.17 bits per heavy atom. The summed E-state index contributed by atoms with van der Waals surface area (Å²) in [7, 11) is 0. The van der Waals surface area contributed by atoms with Crippen LogP contribution < -0.4 is 0 Å². The van der Waals surface area contributed by atoms with Crippen LogP contribution in [0.4, 0.5) is 8.78 Å². The lowest BCUT2D eigenvalue weighted by atomic mass is 10.1. The minimum Gasteiger partial charge on any atom is -0.391 e. The molecule has 6 heteroatoms. The van der Waals surface area contributed by atoms with Crippen molar-refractivity contribution in [2.24, 2.45) is 0 Å². The molecule has 18 heavy (non-hydrogen) atoms. The topological polar surface area (TPSA) is 46.6 Å². The Hall–Kier alpha value is -1.82. The van der Waals surface area contributed by atoms with Gasteiger partial charge in [0.05, 0.1) is 13.1 Å². The van der Waals surface area contributed by atoms with Crippen LogP contribution in [-0.2, 0) is 20.7 Å². The molecule has 1 fully saturated rings. The van der Waals surface area contributed by atoms with Crippen LogP contribution in [0, 0.1) is 11.6 Å². The number of rotatable bonds is 3. The molecule has 2 rings (SSSR count). The predicted octanol–water partition coefficient (Wildman–Crippen LogP) is 0.893. The van der Waals surface area contributed by atoms with Gasteiger partial charge >= 0.3 is 11.9 Å². The number of esters is 2. The molecule has 1 aromatic carbocycles. The summed E-state index contributed by atoms with van der Waals surface area (Å²) in [5, 5.41) is 0. The molecule has 4 nitrogen and oxygen atoms in total. The molecule has 1 aliphatic rings. The third kappa shape index (κ3) is 3.33. The first-order chi connectivity index (χ1) is 8.52. The van der Waals surface area contributed by atoms with Crippen LogP contribution in [-0.4, -0.2) is 36.5 Å². The summed E-state index contributed by atoms with van der Waals surface area (Å²) in [4.78, 5) is 23.6. The van der Waals surface area contributed by atoms with E-state index in [9.17, 15) is 18.4 Å². The van der Waals surface area contributed by atoms with Gasteiger partial charge in [-0.2, -0.15) is 0 Å². The maximum absolute atomic E-state index is 12.9. The van der Waals surface area contributed by atoms with Gasteiger partial charge in [-0.05, 0) is 24.1 Å². The summed E-state index contributed by atoms with van der Waals surface area (Å²) >= 11 is 0. The normalized spacial score (nSPS) is 16.8. The molecule has 0 radical (unpaired) electrons. The van der Waals surface area contributed by atoms with Crippen molar-refractivity contribution in [3.05, 3.63) is 35.4 Å². The quantitative estimate of drug-likeness (QED) is 0.594. The van der Waals surface area contributed by atoms with Crippen molar-refractivity contribution >= 4 is 11.9 Å². The molecule has 1 aromatic rings. The minimum absolute atomic E-state index is 0.0174. The monoisotopic (exact) mass is 255 g/mol. The number of cyclic esters (lactones) is 2. The predicted molar refractivity (Wildman–Crippen MR) is 57.6 cm³/mol. The van der Waals surface area contributed by atoms with Crippen LogP contribution in [0.5, 0.6) is 0 Å². The number of halogens is 2. The van der Waals surface area contributed by atoms with Crippen LogP contribution in [0.25, 0.3) is 0 Å². The number of carbonyl (C=O) groups excluding carboxylic acids is 2. The number of ether oxygens (including phenoxy) is 1. The molecule has 0 unspecified atom stereocenters. The summed E-state index contributed by atoms with van der Waals surface area (Å²) in [5.74, 6) is -2.48. The zero-order chi connectivity index (χ0) is 13.1. The van der Waals surface area contributed by atoms with Crippen molar-refractivity contribution in [3.63, 3.8) is 0 Å². The zero-order valence-electron chi connectivity index (χ0n) is 9.49. The third-order valence-corrected chi connectivity index (χ3v) is 2.57. The first kappa shape index (κ1) is 12.6. The van der Waals surface area contributed by atoms with Crippen molar-refractivity contribution in [2.45, 2.75) is 6.42 Å². The largest absolute Gasteiger partial charge is 0.391 e. The molecule has 0 spiro atoms. The Morgan fingerprint density at radius 1 is 1.06 bits per heavy atom. The van der Waals surface area contributed by atoms with Gasteiger partial charge in [0.2, 0.25) is 0 Å². The molecular weight excluding hydrogens is 244 g/mol. The molecule has 0 atom stereocenters. The van der Waals surface area contributed by atoms with Gasteiger partial charge in [0.15, 0.2) is 0 Å². The fourth-order valence-corrected chi connectivity index (χ4v) is 1.81. The Labute approximate surface area is 102 Å². The number of morpholine rings is 1. The van der Waals surface area contributed by atoms with Crippen LogP contribution in [0.1, 0.15) is 5.56 Å². The highest BCUT2D eigenvalue weighted by molar-refractivity contribution is 5.90. The lowest BCUT2D eigenvalue weighted by molar-refractivity contribution is -0.166. The molecule has 0 amide bonds. The number of hydrogen-bond acceptors (Lipinski definition) is 4. The van der Waals surface area contributed by atoms with E-state index in [1.54, 1.807) is 4.90 Å². The van der Waals surface area contributed by atoms with Gasteiger partial charge in [-0.1, -0.05) is 0 Å². The van der Waals surface area contributed by atoms with Gasteiger partial charge in [-0.25, -0.2) is 8.78 Å². The molecular formula is C12H11F2NO3. The van der Waals surface area contributed by atoms with E-state index in [0.717, 1.165) is 6.07 Å². The van der Waals surface area contributed by atoms with Crippen LogP contribution in [0.2, 0.25) is 0 Å². The fourth-order valence-electron chi connectivity index (χ4n) is 1.81. The second-order valence-corrected chi connectivity index (χ2v) is 4.08. The number of carbonyl (C=O) groups is 2. The first-order valence-corrected chi connectivity index (χ1v) is 5.44. The average molecular weight is 255 g/mol. The molecule has 0 aromatic heterocycles. The van der Waals surface area contributed by atoms with Crippen LogP contribution >= 0.6 is 0 Å². The number of benzene rings is 1. The Balaban J connectivity index is 1.94. The lowest BCUT2D eigenvalue weighted by Gasteiger charge is -2.23. The van der Waals surface area contributed by atoms with Crippen molar-refractivity contribution in [1.82, 2.24) is 4.90 Å². The van der Waals surface area contributed by atoms with Crippen molar-refractivity contribution < 1.29 is 23.1 Å². The fraction of sp³-hybridized carbons (Fsp3) is 0.333. The molecule has 96 valence electrons. The maximum Gasteiger partial charge on any atom is 0.327 e. The van der Waals surface area contributed by atoms with Gasteiger partial charge in [-0.15, -0.1) is 0 Å². The van der Waals surface area contributed by atoms with Gasteiger partial charge in [0, 0.05) is 12.6 Å². The maximum atomic E-state index is 12.9. The van der Waals surface area contributed by atoms with E-state index in [4.69, 9.17) is 0 Å². The van der Waals surface area contributed by atoms with Gasteiger partial charge < -0.3 is 4.74 Å². The highest BCUT2D eigenvalue weighted by atomic mass is 19.1. The van der Waals surface area contributed by atoms with Gasteiger partial charge in [0.25, 0.3) is 0 Å². The standard InChI is InChI=1S/C12H11F2NO3/c13-9-3-8(4-10(14)5-9)1-2-15-6-11(16)18-12(17)7-15/h3-5H,1-2,6-7H2. The lowest BCUT2D eigenvalue weighted by Crippen LogP contribution is -2.43. The first-order valence-electron chi connectivity index (χ1n) is 5.44. The molecule has 1 saturated heterocycles. The summed E-state index contributed by atoms with van der Waals surface area (Å²) in [6.07, 6.45) is 0.356. The van der Waals surface area contributed by atoms with Crippen LogP contribution in [0.15, 0.2) is 18.2 Å². The third-order valence-electron chi connectivity index (χ3n) is 2.57. The van der Waals surface area contributed by atoms with E-state index in [-0.39, 0.29) is 13.1 Å². The minimum atomic E-state index is -0.640. The molecule has 1 heterocycles. The van der Waals surface area contributed by atoms with E-state index in [0.29, 0.717) is 18.5 Å². The highest BCUT2D eigenvalue weighted by Gasteiger charge is 2.24. The van der Waals surface area contributed by atoms with Crippen molar-refractivity contribution in [1.29, 1.82) is 0 Å². The summed E-state index contributed by atoms with van der Waals surface area (Å²) in [6, 6.07) is 3.26. The summed E-state index contributed by atoms with van der Waals surface area (Å²) in [5.41, 5.74) is 0.485. The Kier molecular flexibility index (Phi) is 3.66. The molecule has 0 N–H and O–H groups in total. The second-order valence-electron chi connectivity index (χ2n) is 4.08. The van der Waals surface area contributed by atoms with E-state index >= 15 is 0 Å². The highest BCUT2D eigenvalue weighted by Crippen LogP contribution is 2.10. The van der Waals surface area contributed by atoms with E-state index in [2.05, 4.69) is 4.74 Å². The Morgan fingerprint density at radius 2 is 1.61 bits per heavy atom. The molecule has 0 aliphatic carbocycles. The summed E-state index contributed by atoms with van der Waals surface area (Å²) < 4.78 is 30.2. The van der Waals surface area contributed by atoms with E-state index in [1.807, 2.05) is 0 Å². The van der Waals surface area contributed by atoms with Gasteiger partial charge in [-0.3, -0.25) is 14.5 Å². The number of hydrogen-bond donors (Lipinski definition) is 0. The van der Waals surface area contributed by atoms with Crippen molar-refractivity contribution in [3.8, 4) is 0 Å². The average Bonchev–Trinajstić information content (AvgIpc) is 2.23. The second kappa shape index (κ2) is 5.22. The van der Waals surface area contributed by atoms with Crippen LogP contribution in [0.3, 0.4) is 0 Å². The van der Waals surface area contributed by atoms with E-state index < -0.39 is 23.6 Å². The summed E-state index contributed by atoms with van der Waals surface area (Å²) in [6.45, 7) is 0.400.